The monoisotopic (exact) mass is 350 g/mol. The molecular weight excluding hydrogens is 332 g/mol. The second kappa shape index (κ2) is 8.02. The summed E-state index contributed by atoms with van der Waals surface area (Å²) in [5.41, 5.74) is 1.63. The van der Waals surface area contributed by atoms with E-state index in [0.29, 0.717) is 29.3 Å². The van der Waals surface area contributed by atoms with Crippen LogP contribution in [0.4, 0.5) is 5.69 Å². The molecule has 2 N–H and O–H groups in total. The number of anilines is 1. The molecule has 1 aliphatic rings. The summed E-state index contributed by atoms with van der Waals surface area (Å²) in [5, 5.41) is 5.41. The predicted octanol–water partition coefficient (Wildman–Crippen LogP) is 2.98. The lowest BCUT2D eigenvalue weighted by atomic mass is 10.1. The van der Waals surface area contributed by atoms with Gasteiger partial charge in [0.1, 0.15) is 0 Å². The van der Waals surface area contributed by atoms with E-state index in [4.69, 9.17) is 9.47 Å². The topological polar surface area (TPSA) is 76.7 Å². The molecule has 2 amide bonds. The summed E-state index contributed by atoms with van der Waals surface area (Å²) in [6.45, 7) is 4.12. The maximum atomic E-state index is 12.2. The summed E-state index contributed by atoms with van der Waals surface area (Å²) in [7, 11) is 0. The number of benzene rings is 2. The second-order valence-electron chi connectivity index (χ2n) is 5.48. The third-order valence-electron chi connectivity index (χ3n) is 3.66. The number of carbonyl (C=O) groups is 2. The number of carbonyl (C=O) groups excluding carboxylic acids is 2. The number of fused-ring (bicyclic) bond motifs is 1. The minimum Gasteiger partial charge on any atom is -0.454 e. The first kappa shape index (κ1) is 17.3. The van der Waals surface area contributed by atoms with Crippen molar-refractivity contribution >= 4 is 23.6 Å². The molecule has 1 aliphatic heterocycles. The lowest BCUT2D eigenvalue weighted by Crippen LogP contribution is -2.24. The van der Waals surface area contributed by atoms with Crippen LogP contribution in [-0.2, 0) is 4.79 Å². The number of hydrogen-bond donors (Lipinski definition) is 2. The van der Waals surface area contributed by atoms with E-state index >= 15 is 0 Å². The van der Waals surface area contributed by atoms with Crippen molar-refractivity contribution in [2.45, 2.75) is 0 Å². The zero-order valence-electron chi connectivity index (χ0n) is 14.0. The van der Waals surface area contributed by atoms with Crippen molar-refractivity contribution in [2.24, 2.45) is 0 Å². The van der Waals surface area contributed by atoms with Crippen molar-refractivity contribution in [3.63, 3.8) is 0 Å². The Balaban J connectivity index is 1.68. The van der Waals surface area contributed by atoms with E-state index in [0.717, 1.165) is 5.56 Å². The van der Waals surface area contributed by atoms with Crippen molar-refractivity contribution in [3.05, 3.63) is 72.3 Å². The summed E-state index contributed by atoms with van der Waals surface area (Å²) in [5.74, 6) is 0.718. The molecule has 0 aliphatic carbocycles. The maximum Gasteiger partial charge on any atom is 0.253 e. The predicted molar refractivity (Wildman–Crippen MR) is 99.2 cm³/mol. The molecule has 1 heterocycles. The quantitative estimate of drug-likeness (QED) is 0.620. The van der Waals surface area contributed by atoms with Gasteiger partial charge in [-0.25, -0.2) is 0 Å². The summed E-state index contributed by atoms with van der Waals surface area (Å²) < 4.78 is 10.6. The molecule has 0 unspecified atom stereocenters. The molecule has 3 rings (SSSR count). The molecule has 2 aromatic carbocycles. The molecule has 26 heavy (non-hydrogen) atoms. The number of nitrogens with one attached hydrogen (secondary N) is 2. The molecule has 0 bridgehead atoms. The molecule has 0 radical (unpaired) electrons. The largest absolute Gasteiger partial charge is 0.454 e. The summed E-state index contributed by atoms with van der Waals surface area (Å²) >= 11 is 0. The van der Waals surface area contributed by atoms with Crippen LogP contribution >= 0.6 is 0 Å². The fourth-order valence-electron chi connectivity index (χ4n) is 2.41. The van der Waals surface area contributed by atoms with Gasteiger partial charge in [0.15, 0.2) is 11.5 Å². The van der Waals surface area contributed by atoms with Gasteiger partial charge < -0.3 is 20.1 Å². The number of hydrogen-bond acceptors (Lipinski definition) is 4. The summed E-state index contributed by atoms with van der Waals surface area (Å²) in [6.07, 6.45) is 4.65. The van der Waals surface area contributed by atoms with Crippen LogP contribution in [0, 0.1) is 0 Å². The molecule has 0 fully saturated rings. The summed E-state index contributed by atoms with van der Waals surface area (Å²) in [6, 6.07) is 12.2. The Hall–Kier alpha value is -3.54. The van der Waals surface area contributed by atoms with Crippen LogP contribution in [0.15, 0.2) is 61.2 Å². The minimum absolute atomic E-state index is 0.202. The molecule has 132 valence electrons. The molecule has 6 heteroatoms. The number of para-hydroxylation sites is 1. The molecular formula is C20H18N2O4. The SMILES string of the molecule is C=CCNC(=O)c1ccccc1NC(=O)/C=C/c1ccc2c(c1)OCO2. The Morgan fingerprint density at radius 1 is 1.12 bits per heavy atom. The van der Waals surface area contributed by atoms with Gasteiger partial charge in [-0.05, 0) is 35.9 Å². The highest BCUT2D eigenvalue weighted by molar-refractivity contribution is 6.07. The van der Waals surface area contributed by atoms with Crippen molar-refractivity contribution in [3.8, 4) is 11.5 Å². The van der Waals surface area contributed by atoms with Gasteiger partial charge in [-0.1, -0.05) is 24.3 Å². The van der Waals surface area contributed by atoms with Gasteiger partial charge in [0.25, 0.3) is 5.91 Å². The Bertz CT molecular complexity index is 874. The van der Waals surface area contributed by atoms with Gasteiger partial charge in [0.05, 0.1) is 11.3 Å². The zero-order valence-corrected chi connectivity index (χ0v) is 14.0. The van der Waals surface area contributed by atoms with Crippen molar-refractivity contribution in [1.82, 2.24) is 5.32 Å². The highest BCUT2D eigenvalue weighted by Crippen LogP contribution is 2.32. The van der Waals surface area contributed by atoms with Crippen LogP contribution in [-0.4, -0.2) is 25.2 Å². The maximum absolute atomic E-state index is 12.2. The minimum atomic E-state index is -0.341. The van der Waals surface area contributed by atoms with E-state index in [1.807, 2.05) is 6.07 Å². The lowest BCUT2D eigenvalue weighted by Gasteiger charge is -2.09. The highest BCUT2D eigenvalue weighted by atomic mass is 16.7. The van der Waals surface area contributed by atoms with Crippen LogP contribution in [0.1, 0.15) is 15.9 Å². The van der Waals surface area contributed by atoms with Crippen LogP contribution < -0.4 is 20.1 Å². The molecule has 2 aromatic rings. The Labute approximate surface area is 151 Å². The van der Waals surface area contributed by atoms with Crippen LogP contribution in [0.3, 0.4) is 0 Å². The average Bonchev–Trinajstić information content (AvgIpc) is 3.12. The van der Waals surface area contributed by atoms with Gasteiger partial charge in [-0.15, -0.1) is 6.58 Å². The van der Waals surface area contributed by atoms with Gasteiger partial charge in [-0.3, -0.25) is 9.59 Å². The Morgan fingerprint density at radius 2 is 1.92 bits per heavy atom. The zero-order chi connectivity index (χ0) is 18.4. The molecule has 0 saturated heterocycles. The van der Waals surface area contributed by atoms with E-state index < -0.39 is 0 Å². The smallest absolute Gasteiger partial charge is 0.253 e. The van der Waals surface area contributed by atoms with Gasteiger partial charge in [0, 0.05) is 12.6 Å². The van der Waals surface area contributed by atoms with Crippen LogP contribution in [0.25, 0.3) is 6.08 Å². The van der Waals surface area contributed by atoms with Crippen LogP contribution in [0.2, 0.25) is 0 Å². The molecule has 0 spiro atoms. The second-order valence-corrected chi connectivity index (χ2v) is 5.48. The first-order valence-electron chi connectivity index (χ1n) is 8.04. The van der Waals surface area contributed by atoms with E-state index in [-0.39, 0.29) is 18.6 Å². The van der Waals surface area contributed by atoms with Gasteiger partial charge in [0.2, 0.25) is 12.7 Å². The van der Waals surface area contributed by atoms with E-state index in [1.54, 1.807) is 48.6 Å². The number of amides is 2. The van der Waals surface area contributed by atoms with E-state index in [9.17, 15) is 9.59 Å². The van der Waals surface area contributed by atoms with E-state index in [1.165, 1.54) is 6.08 Å². The Kier molecular flexibility index (Phi) is 5.34. The average molecular weight is 350 g/mol. The highest BCUT2D eigenvalue weighted by Gasteiger charge is 2.13. The van der Waals surface area contributed by atoms with Crippen molar-refractivity contribution in [2.75, 3.05) is 18.7 Å². The number of rotatable bonds is 6. The molecule has 6 nitrogen and oxygen atoms in total. The third kappa shape index (κ3) is 4.10. The summed E-state index contributed by atoms with van der Waals surface area (Å²) in [4.78, 5) is 24.3. The third-order valence-corrected chi connectivity index (χ3v) is 3.66. The van der Waals surface area contributed by atoms with Crippen LogP contribution in [0.5, 0.6) is 11.5 Å². The molecule has 0 saturated carbocycles. The Morgan fingerprint density at radius 3 is 2.77 bits per heavy atom. The van der Waals surface area contributed by atoms with Crippen molar-refractivity contribution < 1.29 is 19.1 Å². The normalized spacial score (nSPS) is 12.0. The first-order chi connectivity index (χ1) is 12.7. The fourth-order valence-corrected chi connectivity index (χ4v) is 2.41. The van der Waals surface area contributed by atoms with Gasteiger partial charge in [-0.2, -0.15) is 0 Å². The first-order valence-corrected chi connectivity index (χ1v) is 8.04. The van der Waals surface area contributed by atoms with Gasteiger partial charge >= 0.3 is 0 Å². The molecule has 0 atom stereocenters. The fraction of sp³-hybridized carbons (Fsp3) is 0.100. The van der Waals surface area contributed by atoms with Crippen molar-refractivity contribution in [1.29, 1.82) is 0 Å². The molecule has 0 aromatic heterocycles. The standard InChI is InChI=1S/C20H18N2O4/c1-2-11-21-20(24)15-5-3-4-6-16(15)22-19(23)10-8-14-7-9-17-18(12-14)26-13-25-17/h2-10,12H,1,11,13H2,(H,21,24)(H,22,23)/b10-8+. The van der Waals surface area contributed by atoms with E-state index in [2.05, 4.69) is 17.2 Å². The number of ether oxygens (including phenoxy) is 2. The lowest BCUT2D eigenvalue weighted by molar-refractivity contribution is -0.111.